The lowest BCUT2D eigenvalue weighted by molar-refractivity contribution is 0.335. The van der Waals surface area contributed by atoms with Crippen LogP contribution in [0.4, 0.5) is 0 Å². The highest BCUT2D eigenvalue weighted by atomic mass is 32.2. The third-order valence-corrected chi connectivity index (χ3v) is 9.45. The average Bonchev–Trinajstić information content (AvgIpc) is 3.31. The van der Waals surface area contributed by atoms with Gasteiger partial charge in [-0.15, -0.1) is 0 Å². The Morgan fingerprint density at radius 1 is 1.04 bits per heavy atom. The van der Waals surface area contributed by atoms with Gasteiger partial charge in [0.2, 0.25) is 10.0 Å². The van der Waals surface area contributed by atoms with Crippen LogP contribution < -0.4 is 0 Å². The van der Waals surface area contributed by atoms with E-state index in [1.807, 2.05) is 22.5 Å². The minimum Gasteiger partial charge on any atom is -0.212 e. The molecule has 1 heterocycles. The summed E-state index contributed by atoms with van der Waals surface area (Å²) in [6.45, 7) is 6.74. The Kier molecular flexibility index (Phi) is 5.24. The largest absolute Gasteiger partial charge is 0.214 e. The van der Waals surface area contributed by atoms with Crippen molar-refractivity contribution in [1.82, 2.24) is 4.31 Å². The van der Waals surface area contributed by atoms with Crippen LogP contribution in [0.15, 0.2) is 30.3 Å². The molecular formula is C19H31NO2SSi. The molecule has 0 N–H and O–H groups in total. The molecule has 3 rings (SSSR count). The fraction of sp³-hybridized carbons (Fsp3) is 0.684. The van der Waals surface area contributed by atoms with E-state index in [-0.39, 0.29) is 12.1 Å². The number of hydrogen-bond acceptors (Lipinski definition) is 2. The molecule has 0 aromatic heterocycles. The normalized spacial score (nSPS) is 28.7. The van der Waals surface area contributed by atoms with Crippen molar-refractivity contribution in [3.63, 3.8) is 0 Å². The van der Waals surface area contributed by atoms with E-state index in [0.717, 1.165) is 6.04 Å². The molecule has 3 atom stereocenters. The minimum absolute atomic E-state index is 0.0842. The summed E-state index contributed by atoms with van der Waals surface area (Å²) in [5, 5.41) is 0. The second kappa shape index (κ2) is 6.93. The zero-order valence-electron chi connectivity index (χ0n) is 15.2. The Morgan fingerprint density at radius 3 is 2.25 bits per heavy atom. The Bertz CT molecular complexity index is 648. The highest BCUT2D eigenvalue weighted by Crippen LogP contribution is 2.52. The molecule has 134 valence electrons. The first kappa shape index (κ1) is 18.1. The van der Waals surface area contributed by atoms with Gasteiger partial charge in [0.1, 0.15) is 0 Å². The number of hydrogen-bond donors (Lipinski definition) is 0. The molecule has 0 amide bonds. The van der Waals surface area contributed by atoms with Crippen molar-refractivity contribution in [2.24, 2.45) is 5.92 Å². The number of rotatable bonds is 6. The van der Waals surface area contributed by atoms with Gasteiger partial charge in [0.05, 0.1) is 11.8 Å². The van der Waals surface area contributed by atoms with Crippen molar-refractivity contribution in [1.29, 1.82) is 0 Å². The lowest BCUT2D eigenvalue weighted by Gasteiger charge is -2.22. The number of sulfonamides is 1. The van der Waals surface area contributed by atoms with Crippen molar-refractivity contribution >= 4 is 18.1 Å². The SMILES string of the molecule is C[Si](C)(C)CCS(=O)(=O)N1[C@H](c2ccccc2)[C@H]1C1CCCCC1. The molecule has 5 heteroatoms. The minimum atomic E-state index is -3.15. The third kappa shape index (κ3) is 4.11. The lowest BCUT2D eigenvalue weighted by atomic mass is 9.85. The molecule has 1 unspecified atom stereocenters. The summed E-state index contributed by atoms with van der Waals surface area (Å²) in [7, 11) is -4.50. The van der Waals surface area contributed by atoms with Crippen LogP contribution in [0.25, 0.3) is 0 Å². The van der Waals surface area contributed by atoms with E-state index >= 15 is 0 Å². The molecule has 1 aliphatic carbocycles. The highest BCUT2D eigenvalue weighted by Gasteiger charge is 2.58. The average molecular weight is 366 g/mol. The van der Waals surface area contributed by atoms with Crippen LogP contribution in [0, 0.1) is 5.92 Å². The molecule has 0 spiro atoms. The maximum Gasteiger partial charge on any atom is 0.214 e. The van der Waals surface area contributed by atoms with E-state index in [0.29, 0.717) is 11.7 Å². The van der Waals surface area contributed by atoms with Crippen molar-refractivity contribution in [3.05, 3.63) is 35.9 Å². The Hall–Kier alpha value is -0.653. The predicted molar refractivity (Wildman–Crippen MR) is 103 cm³/mol. The van der Waals surface area contributed by atoms with E-state index < -0.39 is 18.1 Å². The lowest BCUT2D eigenvalue weighted by Crippen LogP contribution is -2.28. The molecule has 1 aliphatic heterocycles. The Labute approximate surface area is 148 Å². The summed E-state index contributed by atoms with van der Waals surface area (Å²) in [5.41, 5.74) is 1.17. The van der Waals surface area contributed by atoms with Crippen molar-refractivity contribution in [2.75, 3.05) is 5.75 Å². The van der Waals surface area contributed by atoms with Gasteiger partial charge in [0.15, 0.2) is 0 Å². The number of nitrogens with zero attached hydrogens (tertiary/aromatic N) is 1. The van der Waals surface area contributed by atoms with Gasteiger partial charge in [-0.05, 0) is 30.4 Å². The molecule has 0 bridgehead atoms. The van der Waals surface area contributed by atoms with Crippen LogP contribution in [-0.2, 0) is 10.0 Å². The standard InChI is InChI=1S/C19H31NO2SSi/c1-24(2,3)15-14-23(21,22)20-18(16-10-6-4-7-11-16)19(20)17-12-8-5-9-13-17/h4,6-7,10-11,17-19H,5,8-9,12-15H2,1-3H3/t18-,19-,20?/m1/s1. The van der Waals surface area contributed by atoms with E-state index in [4.69, 9.17) is 0 Å². The van der Waals surface area contributed by atoms with Gasteiger partial charge in [-0.2, -0.15) is 4.31 Å². The summed E-state index contributed by atoms with van der Waals surface area (Å²) in [4.78, 5) is 0. The van der Waals surface area contributed by atoms with Gasteiger partial charge in [-0.25, -0.2) is 8.42 Å². The second-order valence-electron chi connectivity index (χ2n) is 8.70. The summed E-state index contributed by atoms with van der Waals surface area (Å²) >= 11 is 0. The smallest absolute Gasteiger partial charge is 0.212 e. The Balaban J connectivity index is 1.80. The van der Waals surface area contributed by atoms with Crippen LogP contribution in [0.1, 0.15) is 43.7 Å². The molecule has 1 saturated heterocycles. The second-order valence-corrected chi connectivity index (χ2v) is 16.3. The monoisotopic (exact) mass is 365 g/mol. The van der Waals surface area contributed by atoms with Gasteiger partial charge in [-0.1, -0.05) is 69.2 Å². The van der Waals surface area contributed by atoms with Gasteiger partial charge < -0.3 is 0 Å². The molecule has 1 saturated carbocycles. The van der Waals surface area contributed by atoms with E-state index in [2.05, 4.69) is 31.8 Å². The van der Waals surface area contributed by atoms with Gasteiger partial charge in [0, 0.05) is 14.1 Å². The zero-order valence-corrected chi connectivity index (χ0v) is 17.1. The van der Waals surface area contributed by atoms with Crippen LogP contribution in [0.5, 0.6) is 0 Å². The maximum absolute atomic E-state index is 13.0. The quantitative estimate of drug-likeness (QED) is 0.543. The molecule has 3 nitrogen and oxygen atoms in total. The fourth-order valence-electron chi connectivity index (χ4n) is 4.06. The summed E-state index contributed by atoms with van der Waals surface area (Å²) < 4.78 is 27.9. The Morgan fingerprint density at radius 2 is 1.67 bits per heavy atom. The first-order chi connectivity index (χ1) is 11.3. The van der Waals surface area contributed by atoms with Crippen molar-refractivity contribution in [2.45, 2.75) is 69.9 Å². The van der Waals surface area contributed by atoms with Gasteiger partial charge >= 0.3 is 0 Å². The highest BCUT2D eigenvalue weighted by molar-refractivity contribution is 7.89. The van der Waals surface area contributed by atoms with Crippen molar-refractivity contribution in [3.8, 4) is 0 Å². The summed E-state index contributed by atoms with van der Waals surface area (Å²) in [5.74, 6) is 0.876. The van der Waals surface area contributed by atoms with Crippen LogP contribution in [-0.4, -0.2) is 32.6 Å². The molecule has 0 radical (unpaired) electrons. The molecular weight excluding hydrogens is 334 g/mol. The fourth-order valence-corrected chi connectivity index (χ4v) is 8.95. The van der Waals surface area contributed by atoms with Crippen LogP contribution in [0.2, 0.25) is 25.7 Å². The summed E-state index contributed by atoms with van der Waals surface area (Å²) in [6, 6.07) is 11.4. The number of benzene rings is 1. The molecule has 24 heavy (non-hydrogen) atoms. The third-order valence-electron chi connectivity index (χ3n) is 5.51. The maximum atomic E-state index is 13.0. The van der Waals surface area contributed by atoms with E-state index in [9.17, 15) is 8.42 Å². The topological polar surface area (TPSA) is 37.1 Å². The molecule has 2 fully saturated rings. The van der Waals surface area contributed by atoms with Crippen LogP contribution >= 0.6 is 0 Å². The van der Waals surface area contributed by atoms with E-state index in [1.165, 1.54) is 37.7 Å². The van der Waals surface area contributed by atoms with Gasteiger partial charge in [0.25, 0.3) is 0 Å². The van der Waals surface area contributed by atoms with E-state index in [1.54, 1.807) is 0 Å². The van der Waals surface area contributed by atoms with Crippen LogP contribution in [0.3, 0.4) is 0 Å². The zero-order chi connectivity index (χ0) is 17.4. The van der Waals surface area contributed by atoms with Gasteiger partial charge in [-0.3, -0.25) is 0 Å². The predicted octanol–water partition coefficient (Wildman–Crippen LogP) is 4.66. The molecule has 2 aliphatic rings. The first-order valence-corrected chi connectivity index (χ1v) is 14.7. The molecule has 1 aromatic carbocycles. The molecule has 1 aromatic rings. The first-order valence-electron chi connectivity index (χ1n) is 9.36. The van der Waals surface area contributed by atoms with Crippen molar-refractivity contribution < 1.29 is 8.42 Å². The summed E-state index contributed by atoms with van der Waals surface area (Å²) in [6.07, 6.45) is 6.20.